The van der Waals surface area contributed by atoms with Crippen LogP contribution in [0.4, 0.5) is 5.69 Å². The van der Waals surface area contributed by atoms with Gasteiger partial charge in [0.1, 0.15) is 0 Å². The van der Waals surface area contributed by atoms with Crippen molar-refractivity contribution in [2.75, 3.05) is 32.5 Å². The maximum Gasteiger partial charge on any atom is 0.0346 e. The Balaban J connectivity index is 2.25. The molecule has 0 aliphatic rings. The number of nitrogens with zero attached hydrogens (tertiary/aromatic N) is 1. The highest BCUT2D eigenvalue weighted by Gasteiger charge is 1.90. The van der Waals surface area contributed by atoms with Gasteiger partial charge in [0.05, 0.1) is 0 Å². The maximum absolute atomic E-state index is 3.30. The molecule has 0 saturated carbocycles. The third-order valence-electron chi connectivity index (χ3n) is 1.60. The van der Waals surface area contributed by atoms with E-state index in [0.29, 0.717) is 0 Å². The minimum Gasteiger partial charge on any atom is -0.384 e. The maximum atomic E-state index is 3.30. The van der Waals surface area contributed by atoms with E-state index in [1.165, 1.54) is 0 Å². The van der Waals surface area contributed by atoms with Gasteiger partial charge >= 0.3 is 0 Å². The van der Waals surface area contributed by atoms with Gasteiger partial charge in [0.25, 0.3) is 0 Å². The Kier molecular flexibility index (Phi) is 3.61. The highest BCUT2D eigenvalue weighted by Crippen LogP contribution is 2.02. The van der Waals surface area contributed by atoms with Crippen LogP contribution in [0.1, 0.15) is 0 Å². The molecule has 12 heavy (non-hydrogen) atoms. The summed E-state index contributed by atoms with van der Waals surface area (Å²) in [7, 11) is 4.14. The van der Waals surface area contributed by atoms with Gasteiger partial charge in [0.2, 0.25) is 0 Å². The summed E-state index contributed by atoms with van der Waals surface area (Å²) >= 11 is 0. The summed E-state index contributed by atoms with van der Waals surface area (Å²) < 4.78 is 0. The molecule has 0 saturated heterocycles. The van der Waals surface area contributed by atoms with Gasteiger partial charge < -0.3 is 10.2 Å². The van der Waals surface area contributed by atoms with Gasteiger partial charge in [-0.3, -0.25) is 0 Å². The summed E-state index contributed by atoms with van der Waals surface area (Å²) in [5, 5.41) is 3.30. The Morgan fingerprint density at radius 3 is 2.92 bits per heavy atom. The first kappa shape index (κ1) is 9.07. The van der Waals surface area contributed by atoms with E-state index >= 15 is 0 Å². The Morgan fingerprint density at radius 1 is 1.50 bits per heavy atom. The molecule has 2 nitrogen and oxygen atoms in total. The SMILES string of the molecule is CN(C)CCNc1c[c]ccc1. The summed E-state index contributed by atoms with van der Waals surface area (Å²) in [5.74, 6) is 0. The van der Waals surface area contributed by atoms with Crippen molar-refractivity contribution in [1.82, 2.24) is 4.90 Å². The lowest BCUT2D eigenvalue weighted by molar-refractivity contribution is 0.425. The highest BCUT2D eigenvalue weighted by molar-refractivity contribution is 5.41. The molecule has 0 amide bonds. The van der Waals surface area contributed by atoms with Crippen LogP contribution in [0.25, 0.3) is 0 Å². The van der Waals surface area contributed by atoms with Crippen molar-refractivity contribution >= 4 is 5.69 Å². The number of benzene rings is 1. The summed E-state index contributed by atoms with van der Waals surface area (Å²) in [6, 6.07) is 10.9. The van der Waals surface area contributed by atoms with E-state index < -0.39 is 0 Å². The van der Waals surface area contributed by atoms with E-state index in [2.05, 4.69) is 30.4 Å². The van der Waals surface area contributed by atoms with Crippen LogP contribution in [-0.4, -0.2) is 32.1 Å². The fraction of sp³-hybridized carbons (Fsp3) is 0.400. The molecule has 1 rings (SSSR count). The number of hydrogen-bond acceptors (Lipinski definition) is 2. The Bertz CT molecular complexity index is 206. The van der Waals surface area contributed by atoms with Crippen LogP contribution in [0, 0.1) is 6.07 Å². The van der Waals surface area contributed by atoms with Crippen molar-refractivity contribution < 1.29 is 0 Å². The second-order valence-corrected chi connectivity index (χ2v) is 3.02. The Hall–Kier alpha value is -1.02. The summed E-state index contributed by atoms with van der Waals surface area (Å²) in [6.45, 7) is 2.03. The van der Waals surface area contributed by atoms with Crippen LogP contribution in [0.2, 0.25) is 0 Å². The van der Waals surface area contributed by atoms with E-state index in [-0.39, 0.29) is 0 Å². The lowest BCUT2D eigenvalue weighted by Gasteiger charge is -2.10. The third kappa shape index (κ3) is 3.39. The van der Waals surface area contributed by atoms with Crippen molar-refractivity contribution in [3.63, 3.8) is 0 Å². The monoisotopic (exact) mass is 163 g/mol. The molecule has 0 aromatic heterocycles. The average molecular weight is 163 g/mol. The molecule has 2 heteroatoms. The first-order valence-electron chi connectivity index (χ1n) is 4.14. The predicted octanol–water partition coefficient (Wildman–Crippen LogP) is 1.46. The van der Waals surface area contributed by atoms with Gasteiger partial charge in [-0.25, -0.2) is 0 Å². The second kappa shape index (κ2) is 4.78. The zero-order chi connectivity index (χ0) is 8.81. The molecule has 65 valence electrons. The second-order valence-electron chi connectivity index (χ2n) is 3.02. The van der Waals surface area contributed by atoms with Crippen LogP contribution in [-0.2, 0) is 0 Å². The molecule has 1 radical (unpaired) electrons. The van der Waals surface area contributed by atoms with Crippen LogP contribution in [0.3, 0.4) is 0 Å². The van der Waals surface area contributed by atoms with E-state index in [0.717, 1.165) is 18.8 Å². The van der Waals surface area contributed by atoms with E-state index in [4.69, 9.17) is 0 Å². The first-order valence-corrected chi connectivity index (χ1v) is 4.14. The molecule has 0 aliphatic heterocycles. The van der Waals surface area contributed by atoms with Gasteiger partial charge in [-0.05, 0) is 32.3 Å². The van der Waals surface area contributed by atoms with Crippen LogP contribution >= 0.6 is 0 Å². The quantitative estimate of drug-likeness (QED) is 0.723. The van der Waals surface area contributed by atoms with Crippen LogP contribution in [0.15, 0.2) is 24.3 Å². The van der Waals surface area contributed by atoms with Gasteiger partial charge in [-0.1, -0.05) is 12.1 Å². The average Bonchev–Trinajstić information content (AvgIpc) is 2.05. The van der Waals surface area contributed by atoms with Crippen molar-refractivity contribution in [1.29, 1.82) is 0 Å². The van der Waals surface area contributed by atoms with Gasteiger partial charge in [-0.15, -0.1) is 0 Å². The van der Waals surface area contributed by atoms with Crippen molar-refractivity contribution in [2.45, 2.75) is 0 Å². The minimum absolute atomic E-state index is 0.977. The molecule has 0 aliphatic carbocycles. The first-order chi connectivity index (χ1) is 5.79. The van der Waals surface area contributed by atoms with E-state index in [1.807, 2.05) is 24.3 Å². The Morgan fingerprint density at radius 2 is 2.33 bits per heavy atom. The van der Waals surface area contributed by atoms with Crippen molar-refractivity contribution in [3.05, 3.63) is 30.3 Å². The van der Waals surface area contributed by atoms with Gasteiger partial charge in [-0.2, -0.15) is 0 Å². The number of rotatable bonds is 4. The lowest BCUT2D eigenvalue weighted by Crippen LogP contribution is -2.20. The molecular weight excluding hydrogens is 148 g/mol. The normalized spacial score (nSPS) is 10.2. The molecule has 0 spiro atoms. The van der Waals surface area contributed by atoms with E-state index in [1.54, 1.807) is 0 Å². The van der Waals surface area contributed by atoms with Crippen molar-refractivity contribution in [2.24, 2.45) is 0 Å². The largest absolute Gasteiger partial charge is 0.384 e. The highest BCUT2D eigenvalue weighted by atomic mass is 15.1. The van der Waals surface area contributed by atoms with Crippen LogP contribution in [0.5, 0.6) is 0 Å². The Labute approximate surface area is 74.2 Å². The topological polar surface area (TPSA) is 15.3 Å². The molecule has 0 atom stereocenters. The smallest absolute Gasteiger partial charge is 0.0346 e. The van der Waals surface area contributed by atoms with Crippen molar-refractivity contribution in [3.8, 4) is 0 Å². The molecule has 0 fully saturated rings. The lowest BCUT2D eigenvalue weighted by atomic mass is 10.3. The van der Waals surface area contributed by atoms with Gasteiger partial charge in [0.15, 0.2) is 0 Å². The molecule has 0 unspecified atom stereocenters. The molecule has 1 N–H and O–H groups in total. The van der Waals surface area contributed by atoms with Gasteiger partial charge in [0, 0.05) is 18.8 Å². The molecule has 0 bridgehead atoms. The zero-order valence-corrected chi connectivity index (χ0v) is 7.67. The molecular formula is C10H15N2. The fourth-order valence-corrected chi connectivity index (χ4v) is 0.927. The zero-order valence-electron chi connectivity index (χ0n) is 7.67. The summed E-state index contributed by atoms with van der Waals surface area (Å²) in [4.78, 5) is 2.15. The molecule has 1 aromatic rings. The minimum atomic E-state index is 0.977. The standard InChI is InChI=1S/C10H15N2/c1-12(2)9-8-11-10-6-4-3-5-7-10/h3-4,6-7,11H,8-9H2,1-2H3. The number of likely N-dealkylation sites (N-methyl/N-ethyl adjacent to an activating group) is 1. The molecule has 1 aromatic carbocycles. The number of nitrogens with one attached hydrogen (secondary N) is 1. The van der Waals surface area contributed by atoms with E-state index in [9.17, 15) is 0 Å². The summed E-state index contributed by atoms with van der Waals surface area (Å²) in [5.41, 5.74) is 1.14. The van der Waals surface area contributed by atoms with Crippen LogP contribution < -0.4 is 5.32 Å². The summed E-state index contributed by atoms with van der Waals surface area (Å²) in [6.07, 6.45) is 0. The number of hydrogen-bond donors (Lipinski definition) is 1. The fourth-order valence-electron chi connectivity index (χ4n) is 0.927. The third-order valence-corrected chi connectivity index (χ3v) is 1.60. The number of anilines is 1. The molecule has 0 heterocycles. The predicted molar refractivity (Wildman–Crippen MR) is 52.3 cm³/mol.